The van der Waals surface area contributed by atoms with Gasteiger partial charge >= 0.3 is 11.9 Å². The second-order valence-electron chi connectivity index (χ2n) is 6.00. The minimum atomic E-state index is -0.638. The van der Waals surface area contributed by atoms with Crippen LogP contribution in [0.3, 0.4) is 0 Å². The summed E-state index contributed by atoms with van der Waals surface area (Å²) in [4.78, 5) is 48.1. The minimum absolute atomic E-state index is 0.226. The molecule has 2 bridgehead atoms. The molecule has 0 spiro atoms. The van der Waals surface area contributed by atoms with Crippen molar-refractivity contribution >= 4 is 23.8 Å². The molecule has 0 aromatic rings. The standard InChI is InChI=1S/C14H17NO6/c1-5(16)20-11-7-4-8(12(11)21-6(2)17)10-9(7)13(18)15(3)14(10)19/h7-12H,4H2,1-3H3/t7-,8+,9-,10+,11+,12-. The Labute approximate surface area is 121 Å². The predicted octanol–water partition coefficient (Wildman–Crippen LogP) is -0.269. The van der Waals surface area contributed by atoms with E-state index in [1.165, 1.54) is 20.9 Å². The van der Waals surface area contributed by atoms with Gasteiger partial charge in [0.2, 0.25) is 11.8 Å². The van der Waals surface area contributed by atoms with E-state index in [1.54, 1.807) is 0 Å². The molecule has 2 saturated carbocycles. The summed E-state index contributed by atoms with van der Waals surface area (Å²) in [7, 11) is 1.46. The summed E-state index contributed by atoms with van der Waals surface area (Å²) in [6, 6.07) is 0. The van der Waals surface area contributed by atoms with Gasteiger partial charge in [-0.3, -0.25) is 24.1 Å². The normalized spacial score (nSPS) is 40.4. The van der Waals surface area contributed by atoms with Crippen LogP contribution in [0.4, 0.5) is 0 Å². The molecule has 3 rings (SSSR count). The lowest BCUT2D eigenvalue weighted by Gasteiger charge is -2.34. The number of likely N-dealkylation sites (tertiary alicyclic amines) is 1. The average Bonchev–Trinajstić information content (AvgIpc) is 2.98. The summed E-state index contributed by atoms with van der Waals surface area (Å²) < 4.78 is 10.6. The first-order chi connectivity index (χ1) is 9.82. The summed E-state index contributed by atoms with van der Waals surface area (Å²) in [6.45, 7) is 2.56. The lowest BCUT2D eigenvalue weighted by atomic mass is 9.78. The predicted molar refractivity (Wildman–Crippen MR) is 67.5 cm³/mol. The van der Waals surface area contributed by atoms with Crippen LogP contribution in [0.25, 0.3) is 0 Å². The fraction of sp³-hybridized carbons (Fsp3) is 0.714. The largest absolute Gasteiger partial charge is 0.458 e. The van der Waals surface area contributed by atoms with E-state index in [9.17, 15) is 19.2 Å². The first-order valence-corrected chi connectivity index (χ1v) is 6.98. The second kappa shape index (κ2) is 4.54. The highest BCUT2D eigenvalue weighted by atomic mass is 16.6. The maximum Gasteiger partial charge on any atom is 0.303 e. The Kier molecular flexibility index (Phi) is 3.04. The molecule has 2 aliphatic carbocycles. The molecule has 0 aromatic carbocycles. The van der Waals surface area contributed by atoms with E-state index in [0.717, 1.165) is 4.90 Å². The lowest BCUT2D eigenvalue weighted by molar-refractivity contribution is -0.175. The smallest absolute Gasteiger partial charge is 0.303 e. The topological polar surface area (TPSA) is 90.0 Å². The number of carbonyl (C=O) groups is 4. The van der Waals surface area contributed by atoms with Crippen LogP contribution in [0.5, 0.6) is 0 Å². The van der Waals surface area contributed by atoms with Crippen LogP contribution in [0, 0.1) is 23.7 Å². The van der Waals surface area contributed by atoms with Crippen molar-refractivity contribution in [3.8, 4) is 0 Å². The number of carbonyl (C=O) groups excluding carboxylic acids is 4. The number of esters is 2. The third-order valence-electron chi connectivity index (χ3n) is 4.86. The van der Waals surface area contributed by atoms with Crippen LogP contribution in [-0.4, -0.2) is 47.9 Å². The van der Waals surface area contributed by atoms with Gasteiger partial charge in [-0.25, -0.2) is 0 Å². The number of fused-ring (bicyclic) bond motifs is 5. The van der Waals surface area contributed by atoms with Gasteiger partial charge in [0.05, 0.1) is 11.8 Å². The minimum Gasteiger partial charge on any atom is -0.458 e. The molecule has 2 amide bonds. The number of ether oxygens (including phenoxy) is 2. The average molecular weight is 295 g/mol. The summed E-state index contributed by atoms with van der Waals surface area (Å²) >= 11 is 0. The zero-order chi connectivity index (χ0) is 15.5. The van der Waals surface area contributed by atoms with E-state index in [0.29, 0.717) is 6.42 Å². The molecule has 0 aromatic heterocycles. The molecule has 3 aliphatic rings. The number of hydrogen-bond acceptors (Lipinski definition) is 6. The lowest BCUT2D eigenvalue weighted by Crippen LogP contribution is -2.47. The molecule has 1 saturated heterocycles. The van der Waals surface area contributed by atoms with E-state index in [1.807, 2.05) is 0 Å². The van der Waals surface area contributed by atoms with Crippen molar-refractivity contribution in [2.75, 3.05) is 7.05 Å². The van der Waals surface area contributed by atoms with Gasteiger partial charge in [-0.05, 0) is 6.42 Å². The van der Waals surface area contributed by atoms with Crippen LogP contribution < -0.4 is 0 Å². The third kappa shape index (κ3) is 1.86. The Balaban J connectivity index is 1.93. The molecule has 1 heterocycles. The monoisotopic (exact) mass is 295 g/mol. The van der Waals surface area contributed by atoms with Gasteiger partial charge in [-0.2, -0.15) is 0 Å². The Morgan fingerprint density at radius 2 is 1.33 bits per heavy atom. The first-order valence-electron chi connectivity index (χ1n) is 6.98. The Bertz CT molecular complexity index is 494. The number of imide groups is 1. The molecule has 1 aliphatic heterocycles. The van der Waals surface area contributed by atoms with Crippen LogP contribution >= 0.6 is 0 Å². The Morgan fingerprint density at radius 3 is 1.67 bits per heavy atom. The van der Waals surface area contributed by atoms with Crippen molar-refractivity contribution in [1.82, 2.24) is 4.90 Å². The fourth-order valence-electron chi connectivity index (χ4n) is 4.23. The first kappa shape index (κ1) is 14.0. The van der Waals surface area contributed by atoms with Gasteiger partial charge < -0.3 is 9.47 Å². The number of hydrogen-bond donors (Lipinski definition) is 0. The van der Waals surface area contributed by atoms with Crippen molar-refractivity contribution in [3.63, 3.8) is 0 Å². The van der Waals surface area contributed by atoms with E-state index in [4.69, 9.17) is 9.47 Å². The molecule has 7 heteroatoms. The SMILES string of the molecule is CC(=O)O[C@@H]1[C@H]2C[C@@H]([C@@H]1OC(C)=O)[C@H]1C(=O)N(C)C(=O)[C@@H]21. The molecular weight excluding hydrogens is 278 g/mol. The maximum atomic E-state index is 12.2. The van der Waals surface area contributed by atoms with E-state index in [-0.39, 0.29) is 23.7 Å². The van der Waals surface area contributed by atoms with Gasteiger partial charge in [0, 0.05) is 32.7 Å². The van der Waals surface area contributed by atoms with Gasteiger partial charge in [0.15, 0.2) is 0 Å². The zero-order valence-corrected chi connectivity index (χ0v) is 12.1. The zero-order valence-electron chi connectivity index (χ0n) is 12.1. The molecule has 3 fully saturated rings. The second-order valence-corrected chi connectivity index (χ2v) is 6.00. The molecule has 21 heavy (non-hydrogen) atoms. The molecule has 6 atom stereocenters. The Morgan fingerprint density at radius 1 is 0.952 bits per heavy atom. The van der Waals surface area contributed by atoms with Gasteiger partial charge in [0.1, 0.15) is 12.2 Å². The van der Waals surface area contributed by atoms with E-state index >= 15 is 0 Å². The van der Waals surface area contributed by atoms with Crippen molar-refractivity contribution in [2.24, 2.45) is 23.7 Å². The summed E-state index contributed by atoms with van der Waals surface area (Å²) in [5.74, 6) is -2.83. The third-order valence-corrected chi connectivity index (χ3v) is 4.86. The molecular formula is C14H17NO6. The van der Waals surface area contributed by atoms with Crippen LogP contribution in [0.1, 0.15) is 20.3 Å². The molecule has 0 N–H and O–H groups in total. The highest BCUT2D eigenvalue weighted by Gasteiger charge is 2.68. The van der Waals surface area contributed by atoms with Crippen molar-refractivity contribution < 1.29 is 28.7 Å². The highest BCUT2D eigenvalue weighted by Crippen LogP contribution is 2.57. The molecule has 114 valence electrons. The summed E-state index contributed by atoms with van der Waals surface area (Å²) in [5.41, 5.74) is 0. The highest BCUT2D eigenvalue weighted by molar-refractivity contribution is 6.06. The fourth-order valence-corrected chi connectivity index (χ4v) is 4.23. The van der Waals surface area contributed by atoms with E-state index < -0.39 is 36.0 Å². The van der Waals surface area contributed by atoms with Crippen molar-refractivity contribution in [1.29, 1.82) is 0 Å². The van der Waals surface area contributed by atoms with Gasteiger partial charge in [-0.1, -0.05) is 0 Å². The van der Waals surface area contributed by atoms with Gasteiger partial charge in [0.25, 0.3) is 0 Å². The summed E-state index contributed by atoms with van der Waals surface area (Å²) in [6.07, 6.45) is -0.710. The van der Waals surface area contributed by atoms with Gasteiger partial charge in [-0.15, -0.1) is 0 Å². The number of rotatable bonds is 2. The number of amides is 2. The maximum absolute atomic E-state index is 12.2. The quantitative estimate of drug-likeness (QED) is 0.514. The molecule has 0 radical (unpaired) electrons. The van der Waals surface area contributed by atoms with Crippen LogP contribution in [-0.2, 0) is 28.7 Å². The number of nitrogens with zero attached hydrogens (tertiary/aromatic N) is 1. The molecule has 0 unspecified atom stereocenters. The van der Waals surface area contributed by atoms with Crippen LogP contribution in [0.2, 0.25) is 0 Å². The van der Waals surface area contributed by atoms with Crippen molar-refractivity contribution in [2.45, 2.75) is 32.5 Å². The van der Waals surface area contributed by atoms with Crippen LogP contribution in [0.15, 0.2) is 0 Å². The van der Waals surface area contributed by atoms with E-state index in [2.05, 4.69) is 0 Å². The van der Waals surface area contributed by atoms with Crippen molar-refractivity contribution in [3.05, 3.63) is 0 Å². The molecule has 7 nitrogen and oxygen atoms in total. The Hall–Kier alpha value is -1.92. The summed E-state index contributed by atoms with van der Waals surface area (Å²) in [5, 5.41) is 0.